The molecular formula is C13H10ClO. The first-order valence-electron chi connectivity index (χ1n) is 4.68. The van der Waals surface area contributed by atoms with Gasteiger partial charge >= 0.3 is 0 Å². The van der Waals surface area contributed by atoms with Gasteiger partial charge in [-0.05, 0) is 35.9 Å². The summed E-state index contributed by atoms with van der Waals surface area (Å²) in [5, 5.41) is 0.732. The minimum Gasteiger partial charge on any atom is -0.489 e. The number of hydrogen-bond donors (Lipinski definition) is 0. The third-order valence-electron chi connectivity index (χ3n) is 1.97. The molecule has 0 aliphatic rings. The molecule has 0 heterocycles. The smallest absolute Gasteiger partial charge is 0.120 e. The van der Waals surface area contributed by atoms with Crippen molar-refractivity contribution in [1.29, 1.82) is 0 Å². The fourth-order valence-corrected chi connectivity index (χ4v) is 1.47. The molecule has 2 aromatic carbocycles. The summed E-state index contributed by atoms with van der Waals surface area (Å²) in [6.45, 7) is 0.526. The highest BCUT2D eigenvalue weighted by atomic mass is 35.5. The van der Waals surface area contributed by atoms with Crippen molar-refractivity contribution in [3.05, 3.63) is 65.2 Å². The van der Waals surface area contributed by atoms with Crippen molar-refractivity contribution >= 4 is 11.6 Å². The zero-order valence-electron chi connectivity index (χ0n) is 8.11. The van der Waals surface area contributed by atoms with E-state index in [1.807, 2.05) is 48.5 Å². The van der Waals surface area contributed by atoms with Crippen molar-refractivity contribution in [3.8, 4) is 5.75 Å². The van der Waals surface area contributed by atoms with Gasteiger partial charge in [-0.2, -0.15) is 0 Å². The van der Waals surface area contributed by atoms with Crippen LogP contribution in [0.25, 0.3) is 0 Å². The minimum absolute atomic E-state index is 0.526. The molecule has 0 aromatic heterocycles. The molecule has 15 heavy (non-hydrogen) atoms. The first kappa shape index (κ1) is 10.1. The molecular weight excluding hydrogens is 208 g/mol. The van der Waals surface area contributed by atoms with Gasteiger partial charge in [-0.3, -0.25) is 0 Å². The number of halogens is 1. The van der Waals surface area contributed by atoms with Gasteiger partial charge in [-0.15, -0.1) is 0 Å². The lowest BCUT2D eigenvalue weighted by Gasteiger charge is -2.05. The molecule has 0 saturated heterocycles. The number of ether oxygens (including phenoxy) is 1. The van der Waals surface area contributed by atoms with Crippen LogP contribution in [0.4, 0.5) is 0 Å². The topological polar surface area (TPSA) is 9.23 Å². The van der Waals surface area contributed by atoms with Crippen LogP contribution in [-0.2, 0) is 6.61 Å². The Kier molecular flexibility index (Phi) is 3.25. The summed E-state index contributed by atoms with van der Waals surface area (Å²) < 4.78 is 5.56. The van der Waals surface area contributed by atoms with Crippen LogP contribution >= 0.6 is 11.6 Å². The van der Waals surface area contributed by atoms with Gasteiger partial charge in [0.05, 0.1) is 0 Å². The van der Waals surface area contributed by atoms with Crippen molar-refractivity contribution in [2.45, 2.75) is 6.61 Å². The van der Waals surface area contributed by atoms with Crippen molar-refractivity contribution < 1.29 is 4.74 Å². The van der Waals surface area contributed by atoms with Crippen LogP contribution in [0, 0.1) is 6.07 Å². The van der Waals surface area contributed by atoms with Crippen LogP contribution in [-0.4, -0.2) is 0 Å². The Morgan fingerprint density at radius 2 is 2.13 bits per heavy atom. The summed E-state index contributed by atoms with van der Waals surface area (Å²) in [5.41, 5.74) is 1.06. The standard InChI is InChI=1S/C13H10ClO/c14-12-6-4-5-11(9-12)10-15-13-7-2-1-3-8-13/h1-2,4-9H,10H2. The summed E-state index contributed by atoms with van der Waals surface area (Å²) in [4.78, 5) is 0. The highest BCUT2D eigenvalue weighted by Crippen LogP contribution is 2.14. The highest BCUT2D eigenvalue weighted by Gasteiger charge is 1.95. The van der Waals surface area contributed by atoms with E-state index >= 15 is 0 Å². The zero-order valence-corrected chi connectivity index (χ0v) is 8.87. The van der Waals surface area contributed by atoms with E-state index in [4.69, 9.17) is 16.3 Å². The van der Waals surface area contributed by atoms with Crippen molar-refractivity contribution in [3.63, 3.8) is 0 Å². The molecule has 0 aliphatic heterocycles. The minimum atomic E-state index is 0.526. The molecule has 0 saturated carbocycles. The second-order valence-corrected chi connectivity index (χ2v) is 3.59. The molecule has 2 heteroatoms. The van der Waals surface area contributed by atoms with Crippen molar-refractivity contribution in [2.75, 3.05) is 0 Å². The maximum atomic E-state index is 5.86. The van der Waals surface area contributed by atoms with Crippen LogP contribution in [0.1, 0.15) is 5.56 Å². The second kappa shape index (κ2) is 4.85. The van der Waals surface area contributed by atoms with E-state index in [-0.39, 0.29) is 0 Å². The predicted molar refractivity (Wildman–Crippen MR) is 61.1 cm³/mol. The third kappa shape index (κ3) is 3.00. The van der Waals surface area contributed by atoms with Crippen LogP contribution in [0.5, 0.6) is 5.75 Å². The second-order valence-electron chi connectivity index (χ2n) is 3.16. The number of hydrogen-bond acceptors (Lipinski definition) is 1. The summed E-state index contributed by atoms with van der Waals surface area (Å²) in [5.74, 6) is 0.817. The third-order valence-corrected chi connectivity index (χ3v) is 2.21. The number of benzene rings is 2. The van der Waals surface area contributed by atoms with Gasteiger partial charge < -0.3 is 4.74 Å². The normalized spacial score (nSPS) is 9.93. The lowest BCUT2D eigenvalue weighted by Crippen LogP contribution is -1.94. The first-order valence-corrected chi connectivity index (χ1v) is 5.06. The Balaban J connectivity index is 1.99. The van der Waals surface area contributed by atoms with Crippen LogP contribution < -0.4 is 4.74 Å². The van der Waals surface area contributed by atoms with Gasteiger partial charge in [0.1, 0.15) is 12.4 Å². The van der Waals surface area contributed by atoms with Gasteiger partial charge in [-0.1, -0.05) is 35.9 Å². The van der Waals surface area contributed by atoms with Crippen molar-refractivity contribution in [1.82, 2.24) is 0 Å². The van der Waals surface area contributed by atoms with E-state index in [1.54, 1.807) is 0 Å². The Hall–Kier alpha value is -1.47. The summed E-state index contributed by atoms with van der Waals surface area (Å²) in [7, 11) is 0. The van der Waals surface area contributed by atoms with Crippen LogP contribution in [0.3, 0.4) is 0 Å². The average Bonchev–Trinajstić information content (AvgIpc) is 2.28. The molecule has 0 N–H and O–H groups in total. The molecule has 75 valence electrons. The average molecular weight is 218 g/mol. The molecule has 2 rings (SSSR count). The molecule has 0 fully saturated rings. The van der Waals surface area contributed by atoms with Crippen LogP contribution in [0.2, 0.25) is 5.02 Å². The quantitative estimate of drug-likeness (QED) is 0.762. The fraction of sp³-hybridized carbons (Fsp3) is 0.0769. The summed E-state index contributed by atoms with van der Waals surface area (Å²) in [6.07, 6.45) is 0. The molecule has 0 aliphatic carbocycles. The van der Waals surface area contributed by atoms with E-state index in [0.29, 0.717) is 6.61 Å². The largest absolute Gasteiger partial charge is 0.489 e. The fourth-order valence-electron chi connectivity index (χ4n) is 1.26. The summed E-state index contributed by atoms with van der Waals surface area (Å²) >= 11 is 5.86. The first-order chi connectivity index (χ1) is 7.34. The lowest BCUT2D eigenvalue weighted by molar-refractivity contribution is 0.306. The van der Waals surface area contributed by atoms with Gasteiger partial charge in [-0.25, -0.2) is 0 Å². The summed E-state index contributed by atoms with van der Waals surface area (Å²) in [6, 6.07) is 18.1. The Bertz CT molecular complexity index is 426. The van der Waals surface area contributed by atoms with Crippen LogP contribution in [0.15, 0.2) is 48.5 Å². The molecule has 1 nitrogen and oxygen atoms in total. The van der Waals surface area contributed by atoms with Gasteiger partial charge in [0.25, 0.3) is 0 Å². The molecule has 0 spiro atoms. The Labute approximate surface area is 94.3 Å². The zero-order chi connectivity index (χ0) is 10.5. The molecule has 0 unspecified atom stereocenters. The van der Waals surface area contributed by atoms with Gasteiger partial charge in [0.2, 0.25) is 0 Å². The van der Waals surface area contributed by atoms with E-state index in [2.05, 4.69) is 6.07 Å². The predicted octanol–water partition coefficient (Wildman–Crippen LogP) is 3.72. The highest BCUT2D eigenvalue weighted by molar-refractivity contribution is 6.30. The molecule has 0 atom stereocenters. The van der Waals surface area contributed by atoms with E-state index in [9.17, 15) is 0 Å². The van der Waals surface area contributed by atoms with Gasteiger partial charge in [0, 0.05) is 5.02 Å². The van der Waals surface area contributed by atoms with Gasteiger partial charge in [0.15, 0.2) is 0 Å². The maximum Gasteiger partial charge on any atom is 0.120 e. The Morgan fingerprint density at radius 3 is 2.87 bits per heavy atom. The SMILES string of the molecule is Clc1cccc(COc2c[c]ccc2)c1. The molecule has 0 bridgehead atoms. The van der Waals surface area contributed by atoms with Crippen molar-refractivity contribution in [2.24, 2.45) is 0 Å². The number of rotatable bonds is 3. The molecule has 0 amide bonds. The Morgan fingerprint density at radius 1 is 1.20 bits per heavy atom. The maximum absolute atomic E-state index is 5.86. The monoisotopic (exact) mass is 217 g/mol. The molecule has 1 radical (unpaired) electrons. The van der Waals surface area contributed by atoms with E-state index < -0.39 is 0 Å². The van der Waals surface area contributed by atoms with E-state index in [0.717, 1.165) is 16.3 Å². The lowest BCUT2D eigenvalue weighted by atomic mass is 10.2. The van der Waals surface area contributed by atoms with E-state index in [1.165, 1.54) is 0 Å². The molecule has 2 aromatic rings.